The van der Waals surface area contributed by atoms with Crippen molar-refractivity contribution in [1.82, 2.24) is 31.1 Å². The van der Waals surface area contributed by atoms with E-state index in [-0.39, 0.29) is 25.9 Å². The smallest absolute Gasteiger partial charge is 0.326 e. The van der Waals surface area contributed by atoms with E-state index in [1.165, 1.54) is 9.80 Å². The Bertz CT molecular complexity index is 1440. The van der Waals surface area contributed by atoms with Crippen molar-refractivity contribution in [3.05, 3.63) is 35.9 Å². The third-order valence-corrected chi connectivity index (χ3v) is 9.38. The summed E-state index contributed by atoms with van der Waals surface area (Å²) in [5.74, 6) is -6.25. The van der Waals surface area contributed by atoms with Crippen molar-refractivity contribution >= 4 is 41.4 Å². The maximum atomic E-state index is 13.9. The predicted molar refractivity (Wildman–Crippen MR) is 187 cm³/mol. The van der Waals surface area contributed by atoms with Gasteiger partial charge in [0.25, 0.3) is 0 Å². The monoisotopic (exact) mass is 731 g/mol. The maximum Gasteiger partial charge on any atom is 0.326 e. The maximum absolute atomic E-state index is 13.9. The minimum Gasteiger partial charge on any atom is -0.480 e. The van der Waals surface area contributed by atoms with E-state index in [1.807, 2.05) is 0 Å². The van der Waals surface area contributed by atoms with Crippen LogP contribution in [0.3, 0.4) is 0 Å². The van der Waals surface area contributed by atoms with Crippen LogP contribution in [-0.4, -0.2) is 135 Å². The van der Waals surface area contributed by atoms with Crippen LogP contribution in [-0.2, 0) is 40.0 Å². The zero-order valence-corrected chi connectivity index (χ0v) is 30.1. The lowest BCUT2D eigenvalue weighted by atomic mass is 9.98. The largest absolute Gasteiger partial charge is 0.480 e. The third kappa shape index (κ3) is 10.7. The molecule has 2 heterocycles. The first-order valence-corrected chi connectivity index (χ1v) is 17.7. The molecule has 2 aliphatic rings. The van der Waals surface area contributed by atoms with Crippen LogP contribution in [0.1, 0.15) is 58.9 Å². The second-order valence-corrected chi connectivity index (χ2v) is 14.0. The lowest BCUT2D eigenvalue weighted by Crippen LogP contribution is -2.61. The lowest BCUT2D eigenvalue weighted by molar-refractivity contribution is -0.145. The molecule has 0 aromatic heterocycles. The Morgan fingerprint density at radius 2 is 1.21 bits per heavy atom. The molecular formula is C35H53N7O10. The first kappa shape index (κ1) is 41.8. The van der Waals surface area contributed by atoms with Gasteiger partial charge in [0.05, 0.1) is 13.2 Å². The molecule has 0 bridgehead atoms. The molecular weight excluding hydrogens is 678 g/mol. The minimum absolute atomic E-state index is 0.0500. The summed E-state index contributed by atoms with van der Waals surface area (Å²) >= 11 is 0. The summed E-state index contributed by atoms with van der Waals surface area (Å²) in [6.07, 6.45) is 1.61. The van der Waals surface area contributed by atoms with E-state index < -0.39 is 109 Å². The van der Waals surface area contributed by atoms with Crippen molar-refractivity contribution in [2.75, 3.05) is 26.3 Å². The average molecular weight is 732 g/mol. The fourth-order valence-electron chi connectivity index (χ4n) is 6.40. The standard InChI is InChI=1S/C35H53N7O10/c1-19(2)27(39-29(45)24(18-44)38-31(47)25-12-8-14-41(25)33(49)22(36)17-43)32(48)40-28(20(3)4)34(50)42-15-9-13-26(42)30(46)37-23(35(51)52)16-21-10-6-5-7-11-21/h5-7,10-11,19-20,22-28,43-44H,8-9,12-18,36H2,1-4H3,(H,37,46)(H,38,47)(H,39,45)(H,40,48)(H,51,52)/t22-,23-,24-,25-,26-,27-,28-/m0/s1. The number of hydrogen-bond acceptors (Lipinski definition) is 10. The number of aliphatic hydroxyl groups excluding tert-OH is 2. The van der Waals surface area contributed by atoms with Gasteiger partial charge in [0.15, 0.2) is 0 Å². The number of carboxylic acid groups (broad SMARTS) is 1. The zero-order chi connectivity index (χ0) is 38.7. The Labute approximate surface area is 303 Å². The van der Waals surface area contributed by atoms with E-state index in [2.05, 4.69) is 21.3 Å². The van der Waals surface area contributed by atoms with Crippen LogP contribution in [0.25, 0.3) is 0 Å². The molecule has 7 atom stereocenters. The highest BCUT2D eigenvalue weighted by Crippen LogP contribution is 2.22. The molecule has 1 aromatic rings. The Morgan fingerprint density at radius 1 is 0.712 bits per heavy atom. The van der Waals surface area contributed by atoms with Crippen molar-refractivity contribution in [2.45, 2.75) is 102 Å². The molecule has 17 heteroatoms. The number of amides is 6. The highest BCUT2D eigenvalue weighted by atomic mass is 16.4. The number of carbonyl (C=O) groups is 7. The molecule has 17 nitrogen and oxygen atoms in total. The Hall–Kier alpha value is -4.61. The summed E-state index contributed by atoms with van der Waals surface area (Å²) in [6.45, 7) is 5.74. The second kappa shape index (κ2) is 19.3. The number of carbonyl (C=O) groups excluding carboxylic acids is 6. The van der Waals surface area contributed by atoms with Gasteiger partial charge in [0.2, 0.25) is 35.4 Å². The molecule has 9 N–H and O–H groups in total. The van der Waals surface area contributed by atoms with Gasteiger partial charge < -0.3 is 52.1 Å². The van der Waals surface area contributed by atoms with Gasteiger partial charge in [-0.1, -0.05) is 58.0 Å². The third-order valence-electron chi connectivity index (χ3n) is 9.38. The van der Waals surface area contributed by atoms with Gasteiger partial charge in [-0.25, -0.2) is 4.79 Å². The van der Waals surface area contributed by atoms with Gasteiger partial charge in [-0.15, -0.1) is 0 Å². The molecule has 6 amide bonds. The molecule has 0 radical (unpaired) electrons. The van der Waals surface area contributed by atoms with Crippen LogP contribution in [0.2, 0.25) is 0 Å². The Kier molecular flexibility index (Phi) is 15.5. The summed E-state index contributed by atoms with van der Waals surface area (Å²) < 4.78 is 0. The summed E-state index contributed by atoms with van der Waals surface area (Å²) in [4.78, 5) is 94.4. The van der Waals surface area contributed by atoms with Crippen molar-refractivity contribution in [3.63, 3.8) is 0 Å². The summed E-state index contributed by atoms with van der Waals surface area (Å²) in [6, 6.07) is 0.680. The predicted octanol–water partition coefficient (Wildman–Crippen LogP) is -2.14. The minimum atomic E-state index is -1.48. The van der Waals surface area contributed by atoms with E-state index in [0.717, 1.165) is 0 Å². The van der Waals surface area contributed by atoms with Gasteiger partial charge in [0, 0.05) is 19.5 Å². The molecule has 288 valence electrons. The van der Waals surface area contributed by atoms with Crippen molar-refractivity contribution < 1.29 is 48.9 Å². The second-order valence-electron chi connectivity index (χ2n) is 14.0. The van der Waals surface area contributed by atoms with Gasteiger partial charge in [-0.05, 0) is 43.1 Å². The zero-order valence-electron chi connectivity index (χ0n) is 30.1. The van der Waals surface area contributed by atoms with Crippen LogP contribution in [0.4, 0.5) is 0 Å². The van der Waals surface area contributed by atoms with Crippen LogP contribution in [0.5, 0.6) is 0 Å². The van der Waals surface area contributed by atoms with Crippen molar-refractivity contribution in [2.24, 2.45) is 17.6 Å². The Morgan fingerprint density at radius 3 is 1.69 bits per heavy atom. The van der Waals surface area contributed by atoms with Crippen molar-refractivity contribution in [1.29, 1.82) is 0 Å². The van der Waals surface area contributed by atoms with Crippen LogP contribution < -0.4 is 27.0 Å². The molecule has 0 aliphatic carbocycles. The number of aliphatic carboxylic acids is 1. The quantitative estimate of drug-likeness (QED) is 0.0857. The normalized spacial score (nSPS) is 20.1. The van der Waals surface area contributed by atoms with E-state index in [1.54, 1.807) is 58.0 Å². The summed E-state index contributed by atoms with van der Waals surface area (Å²) in [5, 5.41) is 39.3. The number of nitrogens with two attached hydrogens (primary N) is 1. The molecule has 0 spiro atoms. The highest BCUT2D eigenvalue weighted by Gasteiger charge is 2.41. The van der Waals surface area contributed by atoms with E-state index in [9.17, 15) is 48.9 Å². The van der Waals surface area contributed by atoms with Crippen molar-refractivity contribution in [3.8, 4) is 0 Å². The number of rotatable bonds is 17. The topological polar surface area (TPSA) is 261 Å². The molecule has 52 heavy (non-hydrogen) atoms. The highest BCUT2D eigenvalue weighted by molar-refractivity contribution is 5.97. The molecule has 0 saturated carbocycles. The number of aliphatic hydroxyl groups is 2. The Balaban J connectivity index is 1.68. The molecule has 1 aromatic carbocycles. The van der Waals surface area contributed by atoms with Crippen LogP contribution >= 0.6 is 0 Å². The van der Waals surface area contributed by atoms with Crippen LogP contribution in [0, 0.1) is 11.8 Å². The van der Waals surface area contributed by atoms with Gasteiger partial charge in [-0.3, -0.25) is 28.8 Å². The average Bonchev–Trinajstić information content (AvgIpc) is 3.81. The fraction of sp³-hybridized carbons (Fsp3) is 0.629. The number of nitrogens with zero attached hydrogens (tertiary/aromatic N) is 2. The molecule has 0 unspecified atom stereocenters. The summed E-state index contributed by atoms with van der Waals surface area (Å²) in [7, 11) is 0. The molecule has 2 aliphatic heterocycles. The van der Waals surface area contributed by atoms with E-state index in [0.29, 0.717) is 24.8 Å². The SMILES string of the molecule is CC(C)[C@H](NC(=O)[C@H](CO)NC(=O)[C@@H]1CCCN1C(=O)[C@@H](N)CO)C(=O)N[C@H](C(=O)N1CCC[C@H]1C(=O)N[C@@H](Cc1ccccc1)C(=O)O)C(C)C. The number of benzene rings is 1. The van der Waals surface area contributed by atoms with Gasteiger partial charge >= 0.3 is 5.97 Å². The molecule has 3 rings (SSSR count). The van der Waals surface area contributed by atoms with Gasteiger partial charge in [0.1, 0.15) is 42.3 Å². The summed E-state index contributed by atoms with van der Waals surface area (Å²) in [5.41, 5.74) is 6.36. The first-order valence-electron chi connectivity index (χ1n) is 17.7. The molecule has 2 saturated heterocycles. The lowest BCUT2D eigenvalue weighted by Gasteiger charge is -2.33. The number of likely N-dealkylation sites (tertiary alicyclic amines) is 2. The number of nitrogens with one attached hydrogen (secondary N) is 4. The van der Waals surface area contributed by atoms with Gasteiger partial charge in [-0.2, -0.15) is 0 Å². The first-order chi connectivity index (χ1) is 24.6. The van der Waals surface area contributed by atoms with E-state index >= 15 is 0 Å². The fourth-order valence-corrected chi connectivity index (χ4v) is 6.40. The number of hydrogen-bond donors (Lipinski definition) is 8. The molecule has 2 fully saturated rings. The van der Waals surface area contributed by atoms with E-state index in [4.69, 9.17) is 5.73 Å². The number of carboxylic acids is 1. The van der Waals surface area contributed by atoms with Crippen LogP contribution in [0.15, 0.2) is 30.3 Å².